The van der Waals surface area contributed by atoms with E-state index in [1.807, 2.05) is 0 Å². The van der Waals surface area contributed by atoms with Gasteiger partial charge in [0, 0.05) is 0 Å². The number of hydrogen-bond donors (Lipinski definition) is 2. The van der Waals surface area contributed by atoms with Gasteiger partial charge in [0.05, 0.1) is 0 Å². The topological polar surface area (TPSA) is 38.0 Å². The van der Waals surface area contributed by atoms with Crippen molar-refractivity contribution < 1.29 is 0 Å². The van der Waals surface area contributed by atoms with E-state index in [4.69, 9.17) is 5.73 Å². The van der Waals surface area contributed by atoms with Crippen LogP contribution in [0, 0.1) is 17.8 Å². The van der Waals surface area contributed by atoms with Crippen LogP contribution in [0.1, 0.15) is 39.5 Å². The first-order valence-electron chi connectivity index (χ1n) is 6.18. The Morgan fingerprint density at radius 2 is 2.07 bits per heavy atom. The summed E-state index contributed by atoms with van der Waals surface area (Å²) in [6, 6.07) is 0. The first-order valence-corrected chi connectivity index (χ1v) is 6.18. The molecular formula is C12H26N2. The van der Waals surface area contributed by atoms with Crippen LogP contribution in [0.15, 0.2) is 0 Å². The fourth-order valence-corrected chi connectivity index (χ4v) is 2.06. The Morgan fingerprint density at radius 1 is 1.36 bits per heavy atom. The van der Waals surface area contributed by atoms with E-state index in [2.05, 4.69) is 19.2 Å². The van der Waals surface area contributed by atoms with Crippen molar-refractivity contribution in [1.29, 1.82) is 0 Å². The summed E-state index contributed by atoms with van der Waals surface area (Å²) in [5, 5.41) is 3.56. The molecule has 3 N–H and O–H groups in total. The van der Waals surface area contributed by atoms with Gasteiger partial charge < -0.3 is 11.1 Å². The molecule has 1 fully saturated rings. The standard InChI is InChI=1S/C12H26N2/c1-3-4-11(7-13)9-14-8-10(2)12-5-6-12/h10-12,14H,3-9,13H2,1-2H3. The maximum atomic E-state index is 5.71. The van der Waals surface area contributed by atoms with Crippen LogP contribution in [0.2, 0.25) is 0 Å². The summed E-state index contributed by atoms with van der Waals surface area (Å²) in [6.07, 6.45) is 5.43. The Hall–Kier alpha value is -0.0800. The molecule has 1 aliphatic carbocycles. The van der Waals surface area contributed by atoms with Gasteiger partial charge in [-0.05, 0) is 56.7 Å². The summed E-state index contributed by atoms with van der Waals surface area (Å²) >= 11 is 0. The SMILES string of the molecule is CCCC(CN)CNCC(C)C1CC1. The summed E-state index contributed by atoms with van der Waals surface area (Å²) < 4.78 is 0. The zero-order chi connectivity index (χ0) is 10.4. The predicted molar refractivity (Wildman–Crippen MR) is 62.2 cm³/mol. The molecule has 1 saturated carbocycles. The molecule has 0 aromatic carbocycles. The molecule has 1 aliphatic rings. The highest BCUT2D eigenvalue weighted by atomic mass is 14.9. The smallest absolute Gasteiger partial charge is 0.000835 e. The number of rotatable bonds is 8. The van der Waals surface area contributed by atoms with Crippen molar-refractivity contribution in [2.45, 2.75) is 39.5 Å². The molecule has 0 aliphatic heterocycles. The van der Waals surface area contributed by atoms with Crippen molar-refractivity contribution in [2.75, 3.05) is 19.6 Å². The minimum Gasteiger partial charge on any atom is -0.330 e. The van der Waals surface area contributed by atoms with E-state index in [1.54, 1.807) is 0 Å². The van der Waals surface area contributed by atoms with Crippen molar-refractivity contribution in [2.24, 2.45) is 23.5 Å². The Balaban J connectivity index is 1.99. The van der Waals surface area contributed by atoms with Crippen molar-refractivity contribution in [1.82, 2.24) is 5.32 Å². The van der Waals surface area contributed by atoms with E-state index < -0.39 is 0 Å². The first kappa shape index (κ1) is 12.0. The lowest BCUT2D eigenvalue weighted by atomic mass is 10.0. The average molecular weight is 198 g/mol. The molecule has 84 valence electrons. The van der Waals surface area contributed by atoms with Gasteiger partial charge in [-0.25, -0.2) is 0 Å². The lowest BCUT2D eigenvalue weighted by molar-refractivity contribution is 0.403. The third-order valence-electron chi connectivity index (χ3n) is 3.36. The second-order valence-corrected chi connectivity index (χ2v) is 4.86. The van der Waals surface area contributed by atoms with Gasteiger partial charge in [-0.3, -0.25) is 0 Å². The Labute approximate surface area is 88.6 Å². The maximum absolute atomic E-state index is 5.71. The molecule has 2 atom stereocenters. The van der Waals surface area contributed by atoms with E-state index in [-0.39, 0.29) is 0 Å². The van der Waals surface area contributed by atoms with Gasteiger partial charge in [-0.1, -0.05) is 20.3 Å². The second-order valence-electron chi connectivity index (χ2n) is 4.86. The highest BCUT2D eigenvalue weighted by molar-refractivity contribution is 4.80. The van der Waals surface area contributed by atoms with Crippen molar-refractivity contribution in [3.8, 4) is 0 Å². The Morgan fingerprint density at radius 3 is 2.57 bits per heavy atom. The fourth-order valence-electron chi connectivity index (χ4n) is 2.06. The molecule has 2 nitrogen and oxygen atoms in total. The summed E-state index contributed by atoms with van der Waals surface area (Å²) in [6.45, 7) is 7.72. The zero-order valence-electron chi connectivity index (χ0n) is 9.76. The normalized spacial score (nSPS) is 20.8. The largest absolute Gasteiger partial charge is 0.330 e. The van der Waals surface area contributed by atoms with Crippen LogP contribution in [-0.2, 0) is 0 Å². The quantitative estimate of drug-likeness (QED) is 0.626. The van der Waals surface area contributed by atoms with Crippen LogP contribution in [0.3, 0.4) is 0 Å². The summed E-state index contributed by atoms with van der Waals surface area (Å²) in [5.41, 5.74) is 5.71. The lowest BCUT2D eigenvalue weighted by Gasteiger charge is -2.17. The summed E-state index contributed by atoms with van der Waals surface area (Å²) in [7, 11) is 0. The Kier molecular flexibility index (Phi) is 5.49. The molecule has 0 heterocycles. The molecular weight excluding hydrogens is 172 g/mol. The number of nitrogens with one attached hydrogen (secondary N) is 1. The highest BCUT2D eigenvalue weighted by Crippen LogP contribution is 2.36. The molecule has 0 aromatic rings. The van der Waals surface area contributed by atoms with E-state index in [9.17, 15) is 0 Å². The second kappa shape index (κ2) is 6.41. The van der Waals surface area contributed by atoms with Crippen molar-refractivity contribution >= 4 is 0 Å². The van der Waals surface area contributed by atoms with E-state index in [1.165, 1.54) is 32.2 Å². The van der Waals surface area contributed by atoms with Gasteiger partial charge in [0.25, 0.3) is 0 Å². The highest BCUT2D eigenvalue weighted by Gasteiger charge is 2.27. The molecule has 0 spiro atoms. The number of nitrogens with two attached hydrogens (primary N) is 1. The monoisotopic (exact) mass is 198 g/mol. The van der Waals surface area contributed by atoms with Gasteiger partial charge in [-0.2, -0.15) is 0 Å². The van der Waals surface area contributed by atoms with Crippen molar-refractivity contribution in [3.63, 3.8) is 0 Å². The first-order chi connectivity index (χ1) is 6.77. The van der Waals surface area contributed by atoms with Gasteiger partial charge in [-0.15, -0.1) is 0 Å². The molecule has 14 heavy (non-hydrogen) atoms. The van der Waals surface area contributed by atoms with Gasteiger partial charge >= 0.3 is 0 Å². The maximum Gasteiger partial charge on any atom is -0.000835 e. The van der Waals surface area contributed by atoms with Crippen LogP contribution in [0.5, 0.6) is 0 Å². The predicted octanol–water partition coefficient (Wildman–Crippen LogP) is 2.00. The van der Waals surface area contributed by atoms with Gasteiger partial charge in [0.2, 0.25) is 0 Å². The minimum absolute atomic E-state index is 0.686. The molecule has 2 heteroatoms. The van der Waals surface area contributed by atoms with Crippen LogP contribution in [0.4, 0.5) is 0 Å². The van der Waals surface area contributed by atoms with E-state index in [0.29, 0.717) is 5.92 Å². The van der Waals surface area contributed by atoms with E-state index >= 15 is 0 Å². The van der Waals surface area contributed by atoms with Gasteiger partial charge in [0.1, 0.15) is 0 Å². The van der Waals surface area contributed by atoms with E-state index in [0.717, 1.165) is 24.9 Å². The van der Waals surface area contributed by atoms with Crippen LogP contribution >= 0.6 is 0 Å². The molecule has 0 saturated heterocycles. The van der Waals surface area contributed by atoms with Crippen LogP contribution in [-0.4, -0.2) is 19.6 Å². The Bertz CT molecular complexity index is 143. The summed E-state index contributed by atoms with van der Waals surface area (Å²) in [5.74, 6) is 2.58. The molecule has 0 aromatic heterocycles. The van der Waals surface area contributed by atoms with Crippen LogP contribution in [0.25, 0.3) is 0 Å². The third-order valence-corrected chi connectivity index (χ3v) is 3.36. The fraction of sp³-hybridized carbons (Fsp3) is 1.00. The number of hydrogen-bond acceptors (Lipinski definition) is 2. The average Bonchev–Trinajstić information content (AvgIpc) is 2.99. The molecule has 0 amide bonds. The molecule has 1 rings (SSSR count). The third kappa shape index (κ3) is 4.43. The van der Waals surface area contributed by atoms with Crippen LogP contribution < -0.4 is 11.1 Å². The van der Waals surface area contributed by atoms with Gasteiger partial charge in [0.15, 0.2) is 0 Å². The summed E-state index contributed by atoms with van der Waals surface area (Å²) in [4.78, 5) is 0. The molecule has 0 radical (unpaired) electrons. The zero-order valence-corrected chi connectivity index (χ0v) is 9.76. The lowest BCUT2D eigenvalue weighted by Crippen LogP contribution is -2.31. The minimum atomic E-state index is 0.686. The molecule has 0 bridgehead atoms. The molecule has 2 unspecified atom stereocenters. The van der Waals surface area contributed by atoms with Crippen molar-refractivity contribution in [3.05, 3.63) is 0 Å².